The van der Waals surface area contributed by atoms with Crippen LogP contribution in [-0.4, -0.2) is 30.5 Å². The topological polar surface area (TPSA) is 99.1 Å². The van der Waals surface area contributed by atoms with Gasteiger partial charge in [-0.05, 0) is 18.2 Å². The van der Waals surface area contributed by atoms with Gasteiger partial charge in [-0.1, -0.05) is 0 Å². The molecule has 3 rings (SSSR count). The van der Waals surface area contributed by atoms with Crippen molar-refractivity contribution in [2.45, 2.75) is 0 Å². The largest absolute Gasteiger partial charge is 0.364 e. The summed E-state index contributed by atoms with van der Waals surface area (Å²) in [6, 6.07) is 5.05. The van der Waals surface area contributed by atoms with E-state index in [-0.39, 0.29) is 5.69 Å². The molecule has 0 spiro atoms. The predicted molar refractivity (Wildman–Crippen MR) is 62.5 cm³/mol. The maximum atomic E-state index is 11.3. The highest BCUT2D eigenvalue weighted by molar-refractivity contribution is 5.91. The molecule has 88 valence electrons. The predicted octanol–water partition coefficient (Wildman–Crippen LogP) is 0.285. The van der Waals surface area contributed by atoms with Crippen LogP contribution in [0.3, 0.4) is 0 Å². The van der Waals surface area contributed by atoms with Gasteiger partial charge in [0.25, 0.3) is 11.7 Å². The quantitative estimate of drug-likeness (QED) is 0.693. The Labute approximate surface area is 101 Å². The number of hydrogen-bond acceptors (Lipinski definition) is 5. The average Bonchev–Trinajstić information content (AvgIpc) is 2.83. The van der Waals surface area contributed by atoms with Crippen molar-refractivity contribution in [3.05, 3.63) is 42.5 Å². The first-order chi connectivity index (χ1) is 8.75. The van der Waals surface area contributed by atoms with Gasteiger partial charge in [0, 0.05) is 24.2 Å². The van der Waals surface area contributed by atoms with E-state index >= 15 is 0 Å². The van der Waals surface area contributed by atoms with E-state index in [0.29, 0.717) is 11.6 Å². The van der Waals surface area contributed by atoms with Crippen molar-refractivity contribution in [2.24, 2.45) is 5.73 Å². The average molecular weight is 240 g/mol. The first-order valence-electron chi connectivity index (χ1n) is 5.18. The molecule has 0 aliphatic heterocycles. The van der Waals surface area contributed by atoms with Crippen molar-refractivity contribution >= 4 is 11.7 Å². The molecule has 0 atom stereocenters. The maximum absolute atomic E-state index is 11.3. The lowest BCUT2D eigenvalue weighted by Gasteiger charge is -1.96. The Morgan fingerprint density at radius 3 is 2.67 bits per heavy atom. The summed E-state index contributed by atoms with van der Waals surface area (Å²) < 4.78 is 1.33. The molecular weight excluding hydrogens is 232 g/mol. The number of nitrogens with two attached hydrogens (primary N) is 1. The normalized spacial score (nSPS) is 10.7. The summed E-state index contributed by atoms with van der Waals surface area (Å²) in [5, 5.41) is 4.22. The molecule has 0 bridgehead atoms. The number of pyridine rings is 1. The van der Waals surface area contributed by atoms with E-state index in [1.54, 1.807) is 24.5 Å². The van der Waals surface area contributed by atoms with Gasteiger partial charge in [0.2, 0.25) is 0 Å². The van der Waals surface area contributed by atoms with Gasteiger partial charge in [0.15, 0.2) is 5.82 Å². The van der Waals surface area contributed by atoms with E-state index in [2.05, 4.69) is 20.1 Å². The van der Waals surface area contributed by atoms with Crippen LogP contribution >= 0.6 is 0 Å². The van der Waals surface area contributed by atoms with Gasteiger partial charge in [0.1, 0.15) is 5.69 Å². The Kier molecular flexibility index (Phi) is 2.23. The second kappa shape index (κ2) is 3.88. The fourth-order valence-electron chi connectivity index (χ4n) is 1.60. The molecule has 7 nitrogen and oxygen atoms in total. The van der Waals surface area contributed by atoms with Crippen molar-refractivity contribution in [1.82, 2.24) is 24.6 Å². The molecule has 0 fully saturated rings. The highest BCUT2D eigenvalue weighted by Crippen LogP contribution is 2.14. The van der Waals surface area contributed by atoms with Crippen LogP contribution in [0.15, 0.2) is 36.8 Å². The van der Waals surface area contributed by atoms with Crippen LogP contribution in [0.2, 0.25) is 0 Å². The zero-order valence-corrected chi connectivity index (χ0v) is 9.19. The van der Waals surface area contributed by atoms with Crippen molar-refractivity contribution in [3.8, 4) is 11.4 Å². The zero-order valence-electron chi connectivity index (χ0n) is 9.19. The first kappa shape index (κ1) is 10.3. The number of nitrogens with zero attached hydrogens (tertiary/aromatic N) is 5. The third-order valence-corrected chi connectivity index (χ3v) is 2.43. The van der Waals surface area contributed by atoms with E-state index in [1.165, 1.54) is 16.8 Å². The van der Waals surface area contributed by atoms with E-state index < -0.39 is 5.91 Å². The number of primary amides is 1. The molecule has 0 unspecified atom stereocenters. The number of fused-ring (bicyclic) bond motifs is 1. The van der Waals surface area contributed by atoms with E-state index in [4.69, 9.17) is 5.73 Å². The smallest absolute Gasteiger partial charge is 0.267 e. The molecule has 3 heterocycles. The van der Waals surface area contributed by atoms with Crippen molar-refractivity contribution in [1.29, 1.82) is 0 Å². The van der Waals surface area contributed by atoms with E-state index in [0.717, 1.165) is 5.56 Å². The summed E-state index contributed by atoms with van der Waals surface area (Å²) in [5.74, 6) is 0.227. The molecule has 1 amide bonds. The molecule has 7 heteroatoms. The Morgan fingerprint density at radius 2 is 1.94 bits per heavy atom. The maximum Gasteiger partial charge on any atom is 0.267 e. The summed E-state index contributed by atoms with van der Waals surface area (Å²) in [6.45, 7) is 0. The Balaban J connectivity index is 2.23. The Morgan fingerprint density at radius 1 is 1.17 bits per heavy atom. The summed E-state index contributed by atoms with van der Waals surface area (Å²) in [4.78, 5) is 23.4. The summed E-state index contributed by atoms with van der Waals surface area (Å²) in [5.41, 5.74) is 6.30. The van der Waals surface area contributed by atoms with Crippen LogP contribution in [0.5, 0.6) is 0 Å². The number of carbonyl (C=O) groups excluding carboxylic acids is 1. The number of hydrogen-bond donors (Lipinski definition) is 1. The highest BCUT2D eigenvalue weighted by Gasteiger charge is 2.12. The minimum absolute atomic E-state index is 0.243. The summed E-state index contributed by atoms with van der Waals surface area (Å²) >= 11 is 0. The Hall–Kier alpha value is -2.83. The molecule has 0 saturated carbocycles. The molecule has 0 saturated heterocycles. The van der Waals surface area contributed by atoms with Crippen molar-refractivity contribution in [3.63, 3.8) is 0 Å². The molecule has 3 aromatic heterocycles. The summed E-state index contributed by atoms with van der Waals surface area (Å²) in [6.07, 6.45) is 4.76. The second-order valence-corrected chi connectivity index (χ2v) is 3.58. The molecule has 0 aliphatic rings. The SMILES string of the molecule is NC(=O)c1ccnc2nc(-c3ccncc3)nn12. The third-order valence-electron chi connectivity index (χ3n) is 2.43. The molecule has 3 aromatic rings. The third kappa shape index (κ3) is 1.58. The summed E-state index contributed by atoms with van der Waals surface area (Å²) in [7, 11) is 0. The minimum Gasteiger partial charge on any atom is -0.364 e. The lowest BCUT2D eigenvalue weighted by Crippen LogP contribution is -2.16. The first-order valence-corrected chi connectivity index (χ1v) is 5.18. The Bertz CT molecular complexity index is 721. The van der Waals surface area contributed by atoms with Gasteiger partial charge in [-0.25, -0.2) is 4.98 Å². The second-order valence-electron chi connectivity index (χ2n) is 3.58. The molecule has 18 heavy (non-hydrogen) atoms. The van der Waals surface area contributed by atoms with Crippen molar-refractivity contribution in [2.75, 3.05) is 0 Å². The van der Waals surface area contributed by atoms with Crippen LogP contribution in [0.4, 0.5) is 0 Å². The van der Waals surface area contributed by atoms with E-state index in [9.17, 15) is 4.79 Å². The fraction of sp³-hybridized carbons (Fsp3) is 0. The molecule has 0 aromatic carbocycles. The van der Waals surface area contributed by atoms with Crippen molar-refractivity contribution < 1.29 is 4.79 Å². The highest BCUT2D eigenvalue weighted by atomic mass is 16.1. The number of aromatic nitrogens is 5. The zero-order chi connectivity index (χ0) is 12.5. The lowest BCUT2D eigenvalue weighted by atomic mass is 10.3. The standard InChI is InChI=1S/C11H8N6O/c12-9(18)8-3-6-14-11-15-10(16-17(8)11)7-1-4-13-5-2-7/h1-6H,(H2,12,18). The van der Waals surface area contributed by atoms with Gasteiger partial charge < -0.3 is 5.73 Å². The molecular formula is C11H8N6O. The van der Waals surface area contributed by atoms with Crippen LogP contribution < -0.4 is 5.73 Å². The van der Waals surface area contributed by atoms with Crippen LogP contribution in [0.1, 0.15) is 10.5 Å². The number of amides is 1. The van der Waals surface area contributed by atoms with Gasteiger partial charge in [-0.3, -0.25) is 9.78 Å². The fourth-order valence-corrected chi connectivity index (χ4v) is 1.60. The monoisotopic (exact) mass is 240 g/mol. The van der Waals surface area contributed by atoms with Crippen LogP contribution in [0.25, 0.3) is 17.2 Å². The minimum atomic E-state index is -0.575. The lowest BCUT2D eigenvalue weighted by molar-refractivity contribution is 0.0993. The van der Waals surface area contributed by atoms with Gasteiger partial charge in [0.05, 0.1) is 0 Å². The van der Waals surface area contributed by atoms with Crippen LogP contribution in [-0.2, 0) is 0 Å². The van der Waals surface area contributed by atoms with Gasteiger partial charge >= 0.3 is 0 Å². The molecule has 0 radical (unpaired) electrons. The van der Waals surface area contributed by atoms with E-state index in [1.807, 2.05) is 0 Å². The molecule has 0 aliphatic carbocycles. The molecule has 2 N–H and O–H groups in total. The number of carbonyl (C=O) groups is 1. The van der Waals surface area contributed by atoms with Crippen LogP contribution in [0, 0.1) is 0 Å². The number of rotatable bonds is 2. The van der Waals surface area contributed by atoms with Gasteiger partial charge in [-0.2, -0.15) is 9.50 Å². The van der Waals surface area contributed by atoms with Gasteiger partial charge in [-0.15, -0.1) is 5.10 Å².